The summed E-state index contributed by atoms with van der Waals surface area (Å²) in [6.45, 7) is 2.11. The number of nitrogens with one attached hydrogen (secondary N) is 1. The van der Waals surface area contributed by atoms with Crippen LogP contribution < -0.4 is 5.73 Å². The first kappa shape index (κ1) is 10.6. The van der Waals surface area contributed by atoms with Crippen molar-refractivity contribution in [3.8, 4) is 0 Å². The van der Waals surface area contributed by atoms with E-state index >= 15 is 0 Å². The van der Waals surface area contributed by atoms with Gasteiger partial charge in [-0.2, -0.15) is 0 Å². The number of hydrogen-bond donors (Lipinski definition) is 2. The van der Waals surface area contributed by atoms with E-state index in [-0.39, 0.29) is 0 Å². The Kier molecular flexibility index (Phi) is 2.10. The summed E-state index contributed by atoms with van der Waals surface area (Å²) in [5, 5.41) is 0. The van der Waals surface area contributed by atoms with Crippen molar-refractivity contribution in [1.82, 2.24) is 9.97 Å². The number of aromatic amines is 1. The summed E-state index contributed by atoms with van der Waals surface area (Å²) in [5.74, 6) is 3.06. The van der Waals surface area contributed by atoms with E-state index in [9.17, 15) is 0 Å². The van der Waals surface area contributed by atoms with Crippen LogP contribution in [0.3, 0.4) is 0 Å². The largest absolute Gasteiger partial charge is 0.342 e. The van der Waals surface area contributed by atoms with Crippen molar-refractivity contribution < 1.29 is 0 Å². The molecule has 1 heterocycles. The van der Waals surface area contributed by atoms with Crippen LogP contribution in [0.1, 0.15) is 36.6 Å². The summed E-state index contributed by atoms with van der Waals surface area (Å²) in [5.41, 5.74) is 9.89. The molecule has 2 aliphatic rings. The van der Waals surface area contributed by atoms with Gasteiger partial charge in [0.25, 0.3) is 0 Å². The minimum atomic E-state index is 0.311. The van der Waals surface area contributed by atoms with Crippen molar-refractivity contribution in [2.45, 2.75) is 38.1 Å². The molecule has 2 fully saturated rings. The highest BCUT2D eigenvalue weighted by Gasteiger charge is 2.47. The number of H-pyrrole nitrogens is 1. The van der Waals surface area contributed by atoms with E-state index in [0.717, 1.165) is 28.7 Å². The van der Waals surface area contributed by atoms with Gasteiger partial charge in [-0.1, -0.05) is 6.07 Å². The third-order valence-corrected chi connectivity index (χ3v) is 4.95. The maximum absolute atomic E-state index is 6.39. The molecule has 0 spiro atoms. The Bertz CT molecular complexity index is 599. The van der Waals surface area contributed by atoms with Crippen molar-refractivity contribution in [3.63, 3.8) is 0 Å². The lowest BCUT2D eigenvalue weighted by Crippen LogP contribution is -2.34. The number of aryl methyl sites for hydroxylation is 1. The fourth-order valence-corrected chi connectivity index (χ4v) is 4.04. The molecule has 4 rings (SSSR count). The summed E-state index contributed by atoms with van der Waals surface area (Å²) >= 11 is 0. The summed E-state index contributed by atoms with van der Waals surface area (Å²) in [6, 6.07) is 6.70. The Morgan fingerprint density at radius 1 is 1.28 bits per heavy atom. The number of imidazole rings is 1. The molecule has 0 radical (unpaired) electrons. The van der Waals surface area contributed by atoms with Gasteiger partial charge in [-0.05, 0) is 55.7 Å². The quantitative estimate of drug-likeness (QED) is 0.806. The molecule has 2 saturated carbocycles. The van der Waals surface area contributed by atoms with Crippen LogP contribution in [0.25, 0.3) is 11.0 Å². The molecular formula is C15H19N3. The number of benzene rings is 1. The zero-order chi connectivity index (χ0) is 12.3. The molecule has 2 aromatic rings. The molecule has 0 saturated heterocycles. The van der Waals surface area contributed by atoms with Crippen LogP contribution in [0.5, 0.6) is 0 Å². The molecule has 18 heavy (non-hydrogen) atoms. The molecule has 1 aromatic heterocycles. The van der Waals surface area contributed by atoms with Crippen molar-refractivity contribution >= 4 is 11.0 Å². The molecule has 3 N–H and O–H groups in total. The first-order valence-corrected chi connectivity index (χ1v) is 6.94. The summed E-state index contributed by atoms with van der Waals surface area (Å²) < 4.78 is 0. The van der Waals surface area contributed by atoms with Gasteiger partial charge in [0, 0.05) is 12.0 Å². The van der Waals surface area contributed by atoms with E-state index in [4.69, 9.17) is 10.7 Å². The standard InChI is InChI=1S/C15H19N3/c1-8-2-5-11-12(6-8)18-15(17-11)13-9-3-4-10(7-9)14(13)16/h2,5-6,9-10,13-14H,3-4,7,16H2,1H3,(H,17,18). The Morgan fingerprint density at radius 2 is 2.11 bits per heavy atom. The highest BCUT2D eigenvalue weighted by atomic mass is 15.0. The van der Waals surface area contributed by atoms with Gasteiger partial charge < -0.3 is 10.7 Å². The van der Waals surface area contributed by atoms with Gasteiger partial charge in [-0.3, -0.25) is 0 Å². The Morgan fingerprint density at radius 3 is 2.89 bits per heavy atom. The number of nitrogens with two attached hydrogens (primary N) is 1. The second-order valence-corrected chi connectivity index (χ2v) is 6.08. The predicted molar refractivity (Wildman–Crippen MR) is 72.4 cm³/mol. The third-order valence-electron chi connectivity index (χ3n) is 4.95. The molecular weight excluding hydrogens is 222 g/mol. The Hall–Kier alpha value is -1.35. The van der Waals surface area contributed by atoms with Crippen molar-refractivity contribution in [2.24, 2.45) is 17.6 Å². The van der Waals surface area contributed by atoms with Crippen LogP contribution in [0, 0.1) is 18.8 Å². The minimum absolute atomic E-state index is 0.311. The second kappa shape index (κ2) is 3.58. The van der Waals surface area contributed by atoms with E-state index in [2.05, 4.69) is 30.1 Å². The van der Waals surface area contributed by atoms with Crippen LogP contribution in [0.2, 0.25) is 0 Å². The van der Waals surface area contributed by atoms with Crippen LogP contribution >= 0.6 is 0 Å². The molecule has 4 unspecified atom stereocenters. The molecule has 1 aromatic carbocycles. The van der Waals surface area contributed by atoms with Crippen LogP contribution in [0.4, 0.5) is 0 Å². The van der Waals surface area contributed by atoms with E-state index in [1.54, 1.807) is 0 Å². The van der Waals surface area contributed by atoms with Crippen molar-refractivity contribution in [2.75, 3.05) is 0 Å². The average Bonchev–Trinajstić information content (AvgIpc) is 3.00. The lowest BCUT2D eigenvalue weighted by molar-refractivity contribution is 0.356. The Balaban J connectivity index is 1.78. The smallest absolute Gasteiger partial charge is 0.112 e. The van der Waals surface area contributed by atoms with E-state index < -0.39 is 0 Å². The van der Waals surface area contributed by atoms with Gasteiger partial charge >= 0.3 is 0 Å². The predicted octanol–water partition coefficient (Wildman–Crippen LogP) is 2.71. The number of nitrogens with zero attached hydrogens (tertiary/aromatic N) is 1. The normalized spacial score (nSPS) is 34.6. The number of aromatic nitrogens is 2. The van der Waals surface area contributed by atoms with Gasteiger partial charge in [-0.15, -0.1) is 0 Å². The monoisotopic (exact) mass is 241 g/mol. The van der Waals surface area contributed by atoms with Crippen LogP contribution in [-0.2, 0) is 0 Å². The molecule has 2 bridgehead atoms. The highest BCUT2D eigenvalue weighted by molar-refractivity contribution is 5.76. The van der Waals surface area contributed by atoms with Gasteiger partial charge in [0.05, 0.1) is 11.0 Å². The molecule has 3 nitrogen and oxygen atoms in total. The van der Waals surface area contributed by atoms with Crippen molar-refractivity contribution in [1.29, 1.82) is 0 Å². The molecule has 0 amide bonds. The maximum atomic E-state index is 6.39. The van der Waals surface area contributed by atoms with Gasteiger partial charge in [0.1, 0.15) is 5.82 Å². The maximum Gasteiger partial charge on any atom is 0.112 e. The van der Waals surface area contributed by atoms with Crippen LogP contribution in [0.15, 0.2) is 18.2 Å². The van der Waals surface area contributed by atoms with E-state index in [1.807, 2.05) is 0 Å². The summed E-state index contributed by atoms with van der Waals surface area (Å²) in [6.07, 6.45) is 3.96. The molecule has 4 atom stereocenters. The molecule has 2 aliphatic carbocycles. The zero-order valence-corrected chi connectivity index (χ0v) is 10.7. The average molecular weight is 241 g/mol. The fraction of sp³-hybridized carbons (Fsp3) is 0.533. The topological polar surface area (TPSA) is 54.7 Å². The zero-order valence-electron chi connectivity index (χ0n) is 10.7. The number of hydrogen-bond acceptors (Lipinski definition) is 2. The molecule has 0 aliphatic heterocycles. The second-order valence-electron chi connectivity index (χ2n) is 6.08. The molecule has 94 valence electrons. The highest BCUT2D eigenvalue weighted by Crippen LogP contribution is 2.51. The van der Waals surface area contributed by atoms with E-state index in [0.29, 0.717) is 12.0 Å². The minimum Gasteiger partial charge on any atom is -0.342 e. The summed E-state index contributed by atoms with van der Waals surface area (Å²) in [7, 11) is 0. The summed E-state index contributed by atoms with van der Waals surface area (Å²) in [4.78, 5) is 8.27. The SMILES string of the molecule is Cc1ccc2nc(C3C4CCC(C4)C3N)[nH]c2c1. The first-order chi connectivity index (χ1) is 8.72. The van der Waals surface area contributed by atoms with Crippen LogP contribution in [-0.4, -0.2) is 16.0 Å². The number of fused-ring (bicyclic) bond motifs is 3. The van der Waals surface area contributed by atoms with Gasteiger partial charge in [0.2, 0.25) is 0 Å². The van der Waals surface area contributed by atoms with Gasteiger partial charge in [-0.25, -0.2) is 4.98 Å². The fourth-order valence-electron chi connectivity index (χ4n) is 4.04. The Labute approximate surface area is 107 Å². The van der Waals surface area contributed by atoms with E-state index in [1.165, 1.54) is 24.8 Å². The molecule has 3 heteroatoms. The third kappa shape index (κ3) is 1.37. The number of rotatable bonds is 1. The van der Waals surface area contributed by atoms with Gasteiger partial charge in [0.15, 0.2) is 0 Å². The first-order valence-electron chi connectivity index (χ1n) is 6.94. The lowest BCUT2D eigenvalue weighted by atomic mass is 9.84. The lowest BCUT2D eigenvalue weighted by Gasteiger charge is -2.26. The van der Waals surface area contributed by atoms with Crippen molar-refractivity contribution in [3.05, 3.63) is 29.6 Å².